The van der Waals surface area contributed by atoms with Crippen molar-refractivity contribution in [1.29, 1.82) is 0 Å². The van der Waals surface area contributed by atoms with Crippen molar-refractivity contribution in [1.82, 2.24) is 29.9 Å². The number of hydrogen-bond acceptors (Lipinski definition) is 6. The predicted octanol–water partition coefficient (Wildman–Crippen LogP) is 13.2. The van der Waals surface area contributed by atoms with E-state index in [1.807, 2.05) is 54.6 Å². The van der Waals surface area contributed by atoms with Gasteiger partial charge in [-0.05, 0) is 83.4 Å². The Morgan fingerprint density at radius 3 is 1.02 bits per heavy atom. The summed E-state index contributed by atoms with van der Waals surface area (Å²) in [4.78, 5) is 30.2. The average Bonchev–Trinajstić information content (AvgIpc) is 3.98. The Kier molecular flexibility index (Phi) is 9.38. The van der Waals surface area contributed by atoms with Crippen LogP contribution in [0.4, 0.5) is 0 Å². The monoisotopic (exact) mass is 786 g/mol. The summed E-state index contributed by atoms with van der Waals surface area (Å²) in [5, 5.41) is 0. The highest BCUT2D eigenvalue weighted by molar-refractivity contribution is 5.76. The Hall–Kier alpha value is -7.44. The summed E-state index contributed by atoms with van der Waals surface area (Å²) in [6, 6.07) is 65.0. The van der Waals surface area contributed by atoms with Crippen molar-refractivity contribution in [3.63, 3.8) is 0 Å². The first kappa shape index (κ1) is 36.6. The summed E-state index contributed by atoms with van der Waals surface area (Å²) in [7, 11) is 0. The molecule has 0 unspecified atom stereocenters. The first-order chi connectivity index (χ1) is 30.1. The molecule has 0 radical (unpaired) electrons. The molecule has 11 rings (SSSR count). The van der Waals surface area contributed by atoms with Crippen LogP contribution in [0.5, 0.6) is 0 Å². The summed E-state index contributed by atoms with van der Waals surface area (Å²) in [5.41, 5.74) is 11.8. The zero-order valence-electron chi connectivity index (χ0n) is 33.7. The fourth-order valence-electron chi connectivity index (χ4n) is 9.39. The maximum atomic E-state index is 5.08. The SMILES string of the molecule is c1ccc(-c2cccc(-c3nc(-c4ccccc4)nc(-c4cccc(-c5ccc(-c6nc(-c7ccccc7)nc(-c7ccc(C89CCC(CC8)C9)cc7)n6)cc5)c4)n3)c2)cc1. The third kappa shape index (κ3) is 7.31. The molecule has 9 aromatic rings. The predicted molar refractivity (Wildman–Crippen MR) is 245 cm³/mol. The van der Waals surface area contributed by atoms with E-state index >= 15 is 0 Å². The third-order valence-electron chi connectivity index (χ3n) is 12.7. The minimum Gasteiger partial charge on any atom is -0.208 e. The number of fused-ring (bicyclic) bond motifs is 2. The second kappa shape index (κ2) is 15.6. The number of rotatable bonds is 9. The molecule has 7 aromatic carbocycles. The Morgan fingerprint density at radius 1 is 0.295 bits per heavy atom. The van der Waals surface area contributed by atoms with Crippen molar-refractivity contribution < 1.29 is 0 Å². The minimum absolute atomic E-state index is 0.360. The molecule has 6 heteroatoms. The number of benzene rings is 7. The van der Waals surface area contributed by atoms with E-state index in [1.54, 1.807) is 0 Å². The molecular weight excluding hydrogens is 745 g/mol. The van der Waals surface area contributed by atoms with Crippen LogP contribution in [-0.2, 0) is 5.41 Å². The molecule has 2 heterocycles. The quantitative estimate of drug-likeness (QED) is 0.145. The summed E-state index contributed by atoms with van der Waals surface area (Å²) in [6.07, 6.45) is 6.68. The smallest absolute Gasteiger partial charge is 0.164 e. The van der Waals surface area contributed by atoms with Gasteiger partial charge < -0.3 is 0 Å². The van der Waals surface area contributed by atoms with Gasteiger partial charge in [-0.1, -0.05) is 176 Å². The fraction of sp³-hybridized carbons (Fsp3) is 0.127. The van der Waals surface area contributed by atoms with Crippen molar-refractivity contribution in [2.45, 2.75) is 37.5 Å². The molecule has 0 amide bonds. The summed E-state index contributed by atoms with van der Waals surface area (Å²) >= 11 is 0. The Labute approximate surface area is 356 Å². The molecule has 61 heavy (non-hydrogen) atoms. The average molecular weight is 787 g/mol. The molecule has 2 saturated carbocycles. The lowest BCUT2D eigenvalue weighted by Crippen LogP contribution is -2.19. The van der Waals surface area contributed by atoms with Gasteiger partial charge in [0, 0.05) is 33.4 Å². The van der Waals surface area contributed by atoms with Crippen molar-refractivity contribution in [3.05, 3.63) is 194 Å². The first-order valence-corrected chi connectivity index (χ1v) is 21.2. The maximum absolute atomic E-state index is 5.08. The van der Waals surface area contributed by atoms with Gasteiger partial charge >= 0.3 is 0 Å². The molecule has 0 aliphatic heterocycles. The van der Waals surface area contributed by atoms with Gasteiger partial charge in [-0.3, -0.25) is 0 Å². The van der Waals surface area contributed by atoms with Crippen molar-refractivity contribution in [2.75, 3.05) is 0 Å². The van der Waals surface area contributed by atoms with Gasteiger partial charge in [-0.25, -0.2) is 29.9 Å². The summed E-state index contributed by atoms with van der Waals surface area (Å²) < 4.78 is 0. The van der Waals surface area contributed by atoms with Gasteiger partial charge in [0.2, 0.25) is 0 Å². The van der Waals surface area contributed by atoms with Crippen LogP contribution in [0, 0.1) is 5.92 Å². The van der Waals surface area contributed by atoms with E-state index in [2.05, 4.69) is 133 Å². The molecular formula is C55H42N6. The summed E-state index contributed by atoms with van der Waals surface area (Å²) in [6.45, 7) is 0. The molecule has 2 aliphatic carbocycles. The highest BCUT2D eigenvalue weighted by Gasteiger charge is 2.45. The van der Waals surface area contributed by atoms with Gasteiger partial charge in [0.15, 0.2) is 34.9 Å². The minimum atomic E-state index is 0.360. The Balaban J connectivity index is 0.927. The van der Waals surface area contributed by atoms with E-state index in [1.165, 1.54) is 37.7 Å². The molecule has 0 atom stereocenters. The van der Waals surface area contributed by atoms with Gasteiger partial charge in [0.05, 0.1) is 0 Å². The maximum Gasteiger partial charge on any atom is 0.164 e. The second-order valence-corrected chi connectivity index (χ2v) is 16.5. The van der Waals surface area contributed by atoms with E-state index in [0.29, 0.717) is 40.4 Å². The summed E-state index contributed by atoms with van der Waals surface area (Å²) in [5.74, 6) is 4.75. The van der Waals surface area contributed by atoms with Crippen LogP contribution in [0.1, 0.15) is 37.7 Å². The zero-order valence-corrected chi connectivity index (χ0v) is 33.7. The molecule has 2 aromatic heterocycles. The lowest BCUT2D eigenvalue weighted by Gasteiger charge is -2.27. The zero-order chi connectivity index (χ0) is 40.6. The molecule has 2 aliphatic rings. The van der Waals surface area contributed by atoms with Crippen LogP contribution >= 0.6 is 0 Å². The number of nitrogens with zero attached hydrogens (tertiary/aromatic N) is 6. The Bertz CT molecular complexity index is 2980. The molecule has 2 bridgehead atoms. The van der Waals surface area contributed by atoms with E-state index in [9.17, 15) is 0 Å². The van der Waals surface area contributed by atoms with E-state index in [-0.39, 0.29) is 0 Å². The van der Waals surface area contributed by atoms with Gasteiger partial charge in [0.1, 0.15) is 0 Å². The lowest BCUT2D eigenvalue weighted by molar-refractivity contribution is 0.419. The fourth-order valence-corrected chi connectivity index (χ4v) is 9.39. The van der Waals surface area contributed by atoms with Crippen molar-refractivity contribution in [2.24, 2.45) is 5.92 Å². The van der Waals surface area contributed by atoms with Crippen LogP contribution in [0.2, 0.25) is 0 Å². The number of hydrogen-bond donors (Lipinski definition) is 0. The molecule has 0 spiro atoms. The second-order valence-electron chi connectivity index (χ2n) is 16.5. The van der Waals surface area contributed by atoms with E-state index in [4.69, 9.17) is 29.9 Å². The highest BCUT2D eigenvalue weighted by atomic mass is 15.0. The third-order valence-corrected chi connectivity index (χ3v) is 12.7. The van der Waals surface area contributed by atoms with Crippen LogP contribution in [0.3, 0.4) is 0 Å². The first-order valence-electron chi connectivity index (χ1n) is 21.2. The lowest BCUT2D eigenvalue weighted by atomic mass is 9.77. The molecule has 0 saturated heterocycles. The molecule has 2 fully saturated rings. The Morgan fingerprint density at radius 2 is 0.607 bits per heavy atom. The largest absolute Gasteiger partial charge is 0.208 e. The molecule has 0 N–H and O–H groups in total. The highest BCUT2D eigenvalue weighted by Crippen LogP contribution is 2.55. The van der Waals surface area contributed by atoms with Crippen LogP contribution in [0.15, 0.2) is 188 Å². The standard InChI is InChI=1S/C55H42N6/c1-4-12-38(13-5-1)44-18-10-20-46(34-44)53-59-50(41-16-8-3-9-17-41)60-54(61-53)47-21-11-19-45(35-47)39-22-24-42(25-23-39)51-56-49(40-14-6-2-7-15-40)57-52(58-51)43-26-28-48(29-27-43)55-32-30-37(36-55)31-33-55/h1-29,34-35,37H,30-33,36H2. The van der Waals surface area contributed by atoms with Gasteiger partial charge in [-0.2, -0.15) is 0 Å². The molecule has 292 valence electrons. The van der Waals surface area contributed by atoms with Gasteiger partial charge in [0.25, 0.3) is 0 Å². The van der Waals surface area contributed by atoms with Crippen LogP contribution in [0.25, 0.3) is 90.6 Å². The number of aromatic nitrogens is 6. The van der Waals surface area contributed by atoms with Crippen LogP contribution in [-0.4, -0.2) is 29.9 Å². The normalized spacial score (nSPS) is 16.8. The van der Waals surface area contributed by atoms with Crippen molar-refractivity contribution >= 4 is 0 Å². The van der Waals surface area contributed by atoms with Crippen molar-refractivity contribution in [3.8, 4) is 90.6 Å². The topological polar surface area (TPSA) is 77.3 Å². The van der Waals surface area contributed by atoms with Gasteiger partial charge in [-0.15, -0.1) is 0 Å². The van der Waals surface area contributed by atoms with Crippen LogP contribution < -0.4 is 0 Å². The van der Waals surface area contributed by atoms with E-state index < -0.39 is 0 Å². The molecule has 6 nitrogen and oxygen atoms in total. The van der Waals surface area contributed by atoms with E-state index in [0.717, 1.165) is 61.6 Å².